The summed E-state index contributed by atoms with van der Waals surface area (Å²) in [4.78, 5) is 24.0. The molecular weight excluding hydrogens is 456 g/mol. The molecule has 7 nitrogen and oxygen atoms in total. The summed E-state index contributed by atoms with van der Waals surface area (Å²) in [5.41, 5.74) is 3.04. The Morgan fingerprint density at radius 3 is 2.38 bits per heavy atom. The summed E-state index contributed by atoms with van der Waals surface area (Å²) < 4.78 is 16.5. The van der Waals surface area contributed by atoms with E-state index in [2.05, 4.69) is 5.10 Å². The number of aldehydes is 1. The lowest BCUT2D eigenvalue weighted by Crippen LogP contribution is -2.31. The zero-order valence-electron chi connectivity index (χ0n) is 18.7. The normalized spacial score (nSPS) is 15.0. The standard InChI is InChI=1S/C26H23ClN2O5/c1-32-24-12-7-19(13-25(24)33-2)23-14-22(18-5-8-20(27)9-6-18)28-29(23)26(31)16-34-21-10-3-17(15-30)4-11-21/h3-13,15,23H,14,16H2,1-2H3. The first-order chi connectivity index (χ1) is 16.5. The van der Waals surface area contributed by atoms with Gasteiger partial charge in [-0.15, -0.1) is 0 Å². The quantitative estimate of drug-likeness (QED) is 0.429. The van der Waals surface area contributed by atoms with Crippen LogP contribution in [-0.2, 0) is 4.79 Å². The van der Waals surface area contributed by atoms with Crippen molar-refractivity contribution in [1.82, 2.24) is 5.01 Å². The van der Waals surface area contributed by atoms with Crippen LogP contribution in [0.5, 0.6) is 17.2 Å². The van der Waals surface area contributed by atoms with E-state index < -0.39 is 0 Å². The summed E-state index contributed by atoms with van der Waals surface area (Å²) in [6, 6.07) is 19.1. The summed E-state index contributed by atoms with van der Waals surface area (Å²) in [7, 11) is 3.14. The fourth-order valence-corrected chi connectivity index (χ4v) is 3.86. The molecule has 1 aliphatic heterocycles. The predicted molar refractivity (Wildman–Crippen MR) is 129 cm³/mol. The molecule has 0 bridgehead atoms. The van der Waals surface area contributed by atoms with Crippen LogP contribution in [0, 0.1) is 0 Å². The van der Waals surface area contributed by atoms with Crippen molar-refractivity contribution in [3.63, 3.8) is 0 Å². The van der Waals surface area contributed by atoms with E-state index in [1.54, 1.807) is 50.6 Å². The van der Waals surface area contributed by atoms with Crippen molar-refractivity contribution < 1.29 is 23.8 Å². The van der Waals surface area contributed by atoms with E-state index in [4.69, 9.17) is 25.8 Å². The number of hydrogen-bond donors (Lipinski definition) is 0. The molecule has 8 heteroatoms. The largest absolute Gasteiger partial charge is 0.493 e. The lowest BCUT2D eigenvalue weighted by atomic mass is 9.98. The van der Waals surface area contributed by atoms with Crippen LogP contribution in [0.25, 0.3) is 0 Å². The number of halogens is 1. The number of rotatable bonds is 8. The molecule has 1 heterocycles. The van der Waals surface area contributed by atoms with Crippen molar-refractivity contribution in [3.05, 3.63) is 88.4 Å². The Bertz CT molecular complexity index is 1210. The van der Waals surface area contributed by atoms with E-state index in [9.17, 15) is 9.59 Å². The van der Waals surface area contributed by atoms with Crippen molar-refractivity contribution in [3.8, 4) is 17.2 Å². The van der Waals surface area contributed by atoms with Crippen LogP contribution >= 0.6 is 11.6 Å². The second-order valence-corrected chi connectivity index (χ2v) is 8.04. The molecule has 174 valence electrons. The van der Waals surface area contributed by atoms with E-state index in [0.717, 1.165) is 23.1 Å². The molecule has 0 N–H and O–H groups in total. The lowest BCUT2D eigenvalue weighted by Gasteiger charge is -2.23. The van der Waals surface area contributed by atoms with E-state index in [1.165, 1.54) is 5.01 Å². The number of nitrogens with zero attached hydrogens (tertiary/aromatic N) is 2. The van der Waals surface area contributed by atoms with Crippen LogP contribution in [0.4, 0.5) is 0 Å². The summed E-state index contributed by atoms with van der Waals surface area (Å²) in [6.07, 6.45) is 1.26. The van der Waals surface area contributed by atoms with Crippen LogP contribution < -0.4 is 14.2 Å². The minimum Gasteiger partial charge on any atom is -0.493 e. The molecule has 3 aromatic carbocycles. The van der Waals surface area contributed by atoms with Gasteiger partial charge in [-0.05, 0) is 59.7 Å². The van der Waals surface area contributed by atoms with Crippen molar-refractivity contribution in [2.75, 3.05) is 20.8 Å². The second kappa shape index (κ2) is 10.4. The van der Waals surface area contributed by atoms with Gasteiger partial charge in [-0.25, -0.2) is 5.01 Å². The molecule has 4 rings (SSSR count). The highest BCUT2D eigenvalue weighted by Crippen LogP contribution is 2.37. The van der Waals surface area contributed by atoms with Crippen LogP contribution in [0.2, 0.25) is 5.02 Å². The molecule has 0 aromatic heterocycles. The zero-order chi connectivity index (χ0) is 24.1. The number of carbonyl (C=O) groups excluding carboxylic acids is 2. The van der Waals surface area contributed by atoms with E-state index in [0.29, 0.717) is 34.3 Å². The van der Waals surface area contributed by atoms with Crippen LogP contribution in [-0.4, -0.2) is 43.7 Å². The average Bonchev–Trinajstić information content (AvgIpc) is 3.33. The summed E-state index contributed by atoms with van der Waals surface area (Å²) >= 11 is 6.04. The molecular formula is C26H23ClN2O5. The molecule has 1 atom stereocenters. The number of methoxy groups -OCH3 is 2. The Labute approximate surface area is 202 Å². The Kier molecular flexibility index (Phi) is 7.13. The molecule has 0 spiro atoms. The zero-order valence-corrected chi connectivity index (χ0v) is 19.5. The van der Waals surface area contributed by atoms with Gasteiger partial charge in [0.25, 0.3) is 5.91 Å². The van der Waals surface area contributed by atoms with Gasteiger partial charge in [0, 0.05) is 17.0 Å². The topological polar surface area (TPSA) is 77.4 Å². The van der Waals surface area contributed by atoms with Gasteiger partial charge in [0.1, 0.15) is 12.0 Å². The maximum Gasteiger partial charge on any atom is 0.281 e. The average molecular weight is 479 g/mol. The van der Waals surface area contributed by atoms with E-state index in [1.807, 2.05) is 30.3 Å². The highest BCUT2D eigenvalue weighted by molar-refractivity contribution is 6.30. The van der Waals surface area contributed by atoms with Gasteiger partial charge in [-0.2, -0.15) is 5.10 Å². The van der Waals surface area contributed by atoms with Crippen molar-refractivity contribution in [2.24, 2.45) is 5.10 Å². The third-order valence-electron chi connectivity index (χ3n) is 5.51. The number of hydrazone groups is 1. The van der Waals surface area contributed by atoms with Crippen LogP contribution in [0.1, 0.15) is 33.9 Å². The van der Waals surface area contributed by atoms with Crippen LogP contribution in [0.3, 0.4) is 0 Å². The fraction of sp³-hybridized carbons (Fsp3) is 0.192. The van der Waals surface area contributed by atoms with Crippen LogP contribution in [0.15, 0.2) is 71.8 Å². The number of amides is 1. The summed E-state index contributed by atoms with van der Waals surface area (Å²) in [5.74, 6) is 1.35. The first kappa shape index (κ1) is 23.3. The van der Waals surface area contributed by atoms with Gasteiger partial charge in [0.15, 0.2) is 18.1 Å². The Balaban J connectivity index is 1.60. The number of carbonyl (C=O) groups is 2. The highest BCUT2D eigenvalue weighted by Gasteiger charge is 2.34. The minimum atomic E-state index is -0.348. The second-order valence-electron chi connectivity index (χ2n) is 7.60. The highest BCUT2D eigenvalue weighted by atomic mass is 35.5. The molecule has 1 amide bonds. The van der Waals surface area contributed by atoms with Crippen molar-refractivity contribution in [1.29, 1.82) is 0 Å². The van der Waals surface area contributed by atoms with Crippen molar-refractivity contribution >= 4 is 29.5 Å². The summed E-state index contributed by atoms with van der Waals surface area (Å²) in [5, 5.41) is 6.72. The molecule has 0 radical (unpaired) electrons. The monoisotopic (exact) mass is 478 g/mol. The third kappa shape index (κ3) is 5.05. The maximum absolute atomic E-state index is 13.2. The third-order valence-corrected chi connectivity index (χ3v) is 5.77. The smallest absolute Gasteiger partial charge is 0.281 e. The lowest BCUT2D eigenvalue weighted by molar-refractivity contribution is -0.135. The predicted octanol–water partition coefficient (Wildman–Crippen LogP) is 4.93. The molecule has 3 aromatic rings. The van der Waals surface area contributed by atoms with E-state index >= 15 is 0 Å². The fourth-order valence-electron chi connectivity index (χ4n) is 3.73. The first-order valence-corrected chi connectivity index (χ1v) is 11.0. The number of hydrogen-bond acceptors (Lipinski definition) is 6. The van der Waals surface area contributed by atoms with Gasteiger partial charge < -0.3 is 14.2 Å². The Morgan fingerprint density at radius 2 is 1.74 bits per heavy atom. The SMILES string of the molecule is COc1ccc(C2CC(c3ccc(Cl)cc3)=NN2C(=O)COc2ccc(C=O)cc2)cc1OC. The van der Waals surface area contributed by atoms with E-state index in [-0.39, 0.29) is 18.6 Å². The first-order valence-electron chi connectivity index (χ1n) is 10.6. The Hall–Kier alpha value is -3.84. The van der Waals surface area contributed by atoms with Gasteiger partial charge in [-0.3, -0.25) is 9.59 Å². The minimum absolute atomic E-state index is 0.207. The molecule has 1 unspecified atom stereocenters. The van der Waals surface area contributed by atoms with Gasteiger partial charge in [0.05, 0.1) is 26.0 Å². The van der Waals surface area contributed by atoms with Crippen molar-refractivity contribution in [2.45, 2.75) is 12.5 Å². The van der Waals surface area contributed by atoms with Gasteiger partial charge in [-0.1, -0.05) is 29.8 Å². The summed E-state index contributed by atoms with van der Waals surface area (Å²) in [6.45, 7) is -0.207. The van der Waals surface area contributed by atoms with Gasteiger partial charge in [0.2, 0.25) is 0 Å². The molecule has 0 aliphatic carbocycles. The molecule has 0 saturated heterocycles. The molecule has 1 aliphatic rings. The molecule has 0 fully saturated rings. The molecule has 34 heavy (non-hydrogen) atoms. The number of ether oxygens (including phenoxy) is 3. The van der Waals surface area contributed by atoms with Gasteiger partial charge >= 0.3 is 0 Å². The Morgan fingerprint density at radius 1 is 1.03 bits per heavy atom. The number of benzene rings is 3. The molecule has 0 saturated carbocycles. The maximum atomic E-state index is 13.2.